The van der Waals surface area contributed by atoms with Crippen LogP contribution in [0.2, 0.25) is 5.02 Å². The van der Waals surface area contributed by atoms with E-state index in [1.165, 1.54) is 0 Å². The molecular formula is C18H18ClN3O3S. The van der Waals surface area contributed by atoms with E-state index in [0.29, 0.717) is 22.9 Å². The lowest BCUT2D eigenvalue weighted by molar-refractivity contribution is 0.411. The molecule has 1 N–H and O–H groups in total. The van der Waals surface area contributed by atoms with Gasteiger partial charge in [-0.2, -0.15) is 0 Å². The second-order valence-corrected chi connectivity index (χ2v) is 8.03. The molecule has 0 aliphatic rings. The van der Waals surface area contributed by atoms with Gasteiger partial charge in [-0.05, 0) is 23.6 Å². The average molecular weight is 392 g/mol. The molecule has 6 nitrogen and oxygen atoms in total. The van der Waals surface area contributed by atoms with Gasteiger partial charge in [0.25, 0.3) is 0 Å². The van der Waals surface area contributed by atoms with Gasteiger partial charge in [-0.3, -0.25) is 0 Å². The summed E-state index contributed by atoms with van der Waals surface area (Å²) in [6, 6.07) is 15.7. The van der Waals surface area contributed by atoms with Gasteiger partial charge in [0.2, 0.25) is 21.8 Å². The van der Waals surface area contributed by atoms with Crippen molar-refractivity contribution in [3.05, 3.63) is 82.5 Å². The molecule has 0 saturated carbocycles. The Bertz CT molecular complexity index is 974. The third-order valence-electron chi connectivity index (χ3n) is 3.75. The van der Waals surface area contributed by atoms with Gasteiger partial charge in [0.1, 0.15) is 6.04 Å². The van der Waals surface area contributed by atoms with Gasteiger partial charge in [0, 0.05) is 11.9 Å². The highest BCUT2D eigenvalue weighted by molar-refractivity contribution is 7.88. The van der Waals surface area contributed by atoms with Gasteiger partial charge in [0.05, 0.1) is 5.75 Å². The molecule has 3 rings (SSSR count). The quantitative estimate of drug-likeness (QED) is 0.666. The molecule has 26 heavy (non-hydrogen) atoms. The number of aryl methyl sites for hydroxylation is 1. The largest absolute Gasteiger partial charge is 0.424 e. The standard InChI is InChI=1S/C18H18ClN3O3S/c1-13-20-21-18(25-13)17(11-14-7-3-2-4-8-14)22-26(23,24)12-15-9-5-6-10-16(15)19/h2-10,17,22H,11-12H2,1H3. The third-order valence-corrected chi connectivity index (χ3v) is 5.45. The van der Waals surface area contributed by atoms with Crippen LogP contribution in [-0.4, -0.2) is 18.6 Å². The molecule has 8 heteroatoms. The molecule has 136 valence electrons. The number of benzene rings is 2. The van der Waals surface area contributed by atoms with Crippen molar-refractivity contribution in [3.8, 4) is 0 Å². The Hall–Kier alpha value is -2.22. The Morgan fingerprint density at radius 2 is 1.77 bits per heavy atom. The van der Waals surface area contributed by atoms with E-state index >= 15 is 0 Å². The summed E-state index contributed by atoms with van der Waals surface area (Å²) in [5.41, 5.74) is 1.48. The second kappa shape index (κ2) is 7.99. The van der Waals surface area contributed by atoms with Crippen molar-refractivity contribution < 1.29 is 12.8 Å². The van der Waals surface area contributed by atoms with Crippen LogP contribution in [0, 0.1) is 6.92 Å². The number of aromatic nitrogens is 2. The molecule has 1 atom stereocenters. The molecule has 0 radical (unpaired) electrons. The van der Waals surface area contributed by atoms with E-state index < -0.39 is 16.1 Å². The molecule has 0 bridgehead atoms. The van der Waals surface area contributed by atoms with E-state index in [4.69, 9.17) is 16.0 Å². The Balaban J connectivity index is 1.83. The Labute approximate surface area is 157 Å². The first-order valence-electron chi connectivity index (χ1n) is 8.00. The highest BCUT2D eigenvalue weighted by atomic mass is 35.5. The van der Waals surface area contributed by atoms with Crippen LogP contribution in [0.1, 0.15) is 29.0 Å². The fourth-order valence-electron chi connectivity index (χ4n) is 2.56. The molecule has 0 fully saturated rings. The average Bonchev–Trinajstić information content (AvgIpc) is 3.03. The first-order chi connectivity index (χ1) is 12.4. The molecule has 2 aromatic carbocycles. The van der Waals surface area contributed by atoms with E-state index in [0.717, 1.165) is 5.56 Å². The van der Waals surface area contributed by atoms with Crippen LogP contribution in [0.3, 0.4) is 0 Å². The number of hydrogen-bond donors (Lipinski definition) is 1. The summed E-state index contributed by atoms with van der Waals surface area (Å²) in [5.74, 6) is 0.378. The molecule has 0 aliphatic carbocycles. The molecule has 1 heterocycles. The van der Waals surface area contributed by atoms with Gasteiger partial charge < -0.3 is 4.42 Å². The van der Waals surface area contributed by atoms with Gasteiger partial charge in [-0.25, -0.2) is 13.1 Å². The number of rotatable bonds is 7. The predicted molar refractivity (Wildman–Crippen MR) is 99.1 cm³/mol. The van der Waals surface area contributed by atoms with Crippen LogP contribution < -0.4 is 4.72 Å². The summed E-state index contributed by atoms with van der Waals surface area (Å²) in [5, 5.41) is 8.19. The molecule has 0 spiro atoms. The van der Waals surface area contributed by atoms with E-state index in [1.54, 1.807) is 31.2 Å². The number of nitrogens with zero attached hydrogens (tertiary/aromatic N) is 2. The van der Waals surface area contributed by atoms with Crippen LogP contribution >= 0.6 is 11.6 Å². The third kappa shape index (κ3) is 4.91. The lowest BCUT2D eigenvalue weighted by Crippen LogP contribution is -2.31. The molecule has 1 aromatic heterocycles. The van der Waals surface area contributed by atoms with Crippen molar-refractivity contribution in [2.75, 3.05) is 0 Å². The van der Waals surface area contributed by atoms with E-state index in [-0.39, 0.29) is 11.6 Å². The summed E-state index contributed by atoms with van der Waals surface area (Å²) in [6.07, 6.45) is 0.393. The Morgan fingerprint density at radius 3 is 2.42 bits per heavy atom. The molecular weight excluding hydrogens is 374 g/mol. The summed E-state index contributed by atoms with van der Waals surface area (Å²) >= 11 is 6.08. The summed E-state index contributed by atoms with van der Waals surface area (Å²) in [7, 11) is -3.68. The molecule has 0 aliphatic heterocycles. The fourth-order valence-corrected chi connectivity index (χ4v) is 4.20. The number of sulfonamides is 1. The highest BCUT2D eigenvalue weighted by Crippen LogP contribution is 2.22. The van der Waals surface area contributed by atoms with Crippen molar-refractivity contribution in [1.82, 2.24) is 14.9 Å². The normalized spacial score (nSPS) is 12.8. The maximum Gasteiger partial charge on any atom is 0.234 e. The number of hydrogen-bond acceptors (Lipinski definition) is 5. The van der Waals surface area contributed by atoms with Crippen molar-refractivity contribution in [2.45, 2.75) is 25.1 Å². The summed E-state index contributed by atoms with van der Waals surface area (Å²) in [6.45, 7) is 1.66. The van der Waals surface area contributed by atoms with Gasteiger partial charge in [0.15, 0.2) is 0 Å². The zero-order valence-corrected chi connectivity index (χ0v) is 15.7. The van der Waals surface area contributed by atoms with Crippen LogP contribution in [0.15, 0.2) is 59.0 Å². The van der Waals surface area contributed by atoms with Crippen molar-refractivity contribution >= 4 is 21.6 Å². The molecule has 0 amide bonds. The predicted octanol–water partition coefficient (Wildman–Crippen LogP) is 3.43. The first-order valence-corrected chi connectivity index (χ1v) is 10.0. The zero-order valence-electron chi connectivity index (χ0n) is 14.1. The van der Waals surface area contributed by atoms with E-state index in [9.17, 15) is 8.42 Å². The lowest BCUT2D eigenvalue weighted by atomic mass is 10.1. The minimum Gasteiger partial charge on any atom is -0.424 e. The Kier molecular flexibility index (Phi) is 5.70. The fraction of sp³-hybridized carbons (Fsp3) is 0.222. The summed E-state index contributed by atoms with van der Waals surface area (Å²) < 4.78 is 33.5. The smallest absolute Gasteiger partial charge is 0.234 e. The van der Waals surface area contributed by atoms with Gasteiger partial charge in [-0.1, -0.05) is 60.1 Å². The van der Waals surface area contributed by atoms with E-state index in [2.05, 4.69) is 14.9 Å². The number of halogens is 1. The minimum absolute atomic E-state index is 0.231. The van der Waals surface area contributed by atoms with E-state index in [1.807, 2.05) is 30.3 Å². The lowest BCUT2D eigenvalue weighted by Gasteiger charge is -2.16. The van der Waals surface area contributed by atoms with Crippen LogP contribution in [-0.2, 0) is 22.2 Å². The van der Waals surface area contributed by atoms with Crippen molar-refractivity contribution in [1.29, 1.82) is 0 Å². The maximum atomic E-state index is 12.7. The van der Waals surface area contributed by atoms with Crippen LogP contribution in [0.4, 0.5) is 0 Å². The van der Waals surface area contributed by atoms with Crippen LogP contribution in [0.25, 0.3) is 0 Å². The van der Waals surface area contributed by atoms with Crippen LogP contribution in [0.5, 0.6) is 0 Å². The molecule has 0 saturated heterocycles. The van der Waals surface area contributed by atoms with Gasteiger partial charge in [-0.15, -0.1) is 10.2 Å². The topological polar surface area (TPSA) is 85.1 Å². The highest BCUT2D eigenvalue weighted by Gasteiger charge is 2.25. The minimum atomic E-state index is -3.68. The molecule has 3 aromatic rings. The molecule has 1 unspecified atom stereocenters. The van der Waals surface area contributed by atoms with Crippen molar-refractivity contribution in [2.24, 2.45) is 0 Å². The maximum absolute atomic E-state index is 12.7. The SMILES string of the molecule is Cc1nnc(C(Cc2ccccc2)NS(=O)(=O)Cc2ccccc2Cl)o1. The monoisotopic (exact) mass is 391 g/mol. The van der Waals surface area contributed by atoms with Gasteiger partial charge >= 0.3 is 0 Å². The Morgan fingerprint density at radius 1 is 1.08 bits per heavy atom. The van der Waals surface area contributed by atoms with Crippen molar-refractivity contribution in [3.63, 3.8) is 0 Å². The second-order valence-electron chi connectivity index (χ2n) is 5.87. The zero-order chi connectivity index (χ0) is 18.6. The first kappa shape index (κ1) is 18.6. The number of nitrogens with one attached hydrogen (secondary N) is 1. The summed E-state index contributed by atoms with van der Waals surface area (Å²) in [4.78, 5) is 0.